The zero-order chi connectivity index (χ0) is 18.7. The predicted molar refractivity (Wildman–Crippen MR) is 102 cm³/mol. The van der Waals surface area contributed by atoms with E-state index in [-0.39, 0.29) is 22.5 Å². The SMILES string of the molecule is O=C(NCCc1ccccc1F)C1CCCN1S(=O)(=O)c1ccc(Br)s1. The summed E-state index contributed by atoms with van der Waals surface area (Å²) in [5, 5.41) is 2.74. The summed E-state index contributed by atoms with van der Waals surface area (Å²) in [5.74, 6) is -0.645. The number of nitrogens with zero attached hydrogens (tertiary/aromatic N) is 1. The highest BCUT2D eigenvalue weighted by Crippen LogP contribution is 2.32. The van der Waals surface area contributed by atoms with E-state index in [9.17, 15) is 17.6 Å². The lowest BCUT2D eigenvalue weighted by atomic mass is 10.1. The smallest absolute Gasteiger partial charge is 0.253 e. The maximum atomic E-state index is 13.6. The van der Waals surface area contributed by atoms with Crippen LogP contribution in [0.5, 0.6) is 0 Å². The fourth-order valence-corrected chi connectivity index (χ4v) is 6.78. The fraction of sp³-hybridized carbons (Fsp3) is 0.353. The standard InChI is InChI=1S/C17H18BrFN2O3S2/c18-15-7-8-16(25-15)26(23,24)21-11-3-6-14(21)17(22)20-10-9-12-4-1-2-5-13(12)19/h1-2,4-5,7-8,14H,3,6,9-11H2,(H,20,22). The quantitative estimate of drug-likeness (QED) is 0.719. The van der Waals surface area contributed by atoms with Crippen LogP contribution >= 0.6 is 27.3 Å². The number of benzene rings is 1. The Kier molecular flexibility index (Phi) is 6.11. The van der Waals surface area contributed by atoms with Crippen molar-refractivity contribution in [1.29, 1.82) is 0 Å². The first kappa shape index (κ1) is 19.5. The van der Waals surface area contributed by atoms with Gasteiger partial charge in [-0.1, -0.05) is 18.2 Å². The Morgan fingerprint density at radius 2 is 2.08 bits per heavy atom. The minimum atomic E-state index is -3.69. The normalized spacial score (nSPS) is 18.2. The molecule has 1 unspecified atom stereocenters. The van der Waals surface area contributed by atoms with Crippen molar-refractivity contribution in [2.24, 2.45) is 0 Å². The van der Waals surface area contributed by atoms with Gasteiger partial charge in [0.15, 0.2) is 0 Å². The van der Waals surface area contributed by atoms with E-state index < -0.39 is 16.1 Å². The van der Waals surface area contributed by atoms with E-state index in [1.807, 2.05) is 0 Å². The summed E-state index contributed by atoms with van der Waals surface area (Å²) < 4.78 is 41.4. The zero-order valence-corrected chi connectivity index (χ0v) is 17.0. The van der Waals surface area contributed by atoms with Crippen LogP contribution < -0.4 is 5.32 Å². The van der Waals surface area contributed by atoms with Gasteiger partial charge >= 0.3 is 0 Å². The molecule has 1 amide bonds. The Labute approximate surface area is 164 Å². The van der Waals surface area contributed by atoms with Gasteiger partial charge in [-0.05, 0) is 59.0 Å². The number of hydrogen-bond acceptors (Lipinski definition) is 4. The highest BCUT2D eigenvalue weighted by molar-refractivity contribution is 9.11. The van der Waals surface area contributed by atoms with Crippen molar-refractivity contribution >= 4 is 43.2 Å². The highest BCUT2D eigenvalue weighted by Gasteiger charge is 2.39. The second-order valence-corrected chi connectivity index (χ2v) is 10.5. The van der Waals surface area contributed by atoms with Crippen LogP contribution in [0.2, 0.25) is 0 Å². The third kappa shape index (κ3) is 4.16. The summed E-state index contributed by atoms with van der Waals surface area (Å²) in [4.78, 5) is 12.5. The van der Waals surface area contributed by atoms with Gasteiger partial charge in [0.2, 0.25) is 5.91 Å². The van der Waals surface area contributed by atoms with Gasteiger partial charge < -0.3 is 5.32 Å². The van der Waals surface area contributed by atoms with E-state index in [0.717, 1.165) is 15.1 Å². The third-order valence-electron chi connectivity index (χ3n) is 4.27. The van der Waals surface area contributed by atoms with Gasteiger partial charge in [0.05, 0.1) is 3.79 Å². The summed E-state index contributed by atoms with van der Waals surface area (Å²) in [6.45, 7) is 0.581. The first-order valence-electron chi connectivity index (χ1n) is 8.18. The number of amides is 1. The molecule has 1 N–H and O–H groups in total. The van der Waals surface area contributed by atoms with Crippen LogP contribution in [-0.2, 0) is 21.2 Å². The molecule has 1 aromatic carbocycles. The van der Waals surface area contributed by atoms with Gasteiger partial charge in [0.1, 0.15) is 16.1 Å². The van der Waals surface area contributed by atoms with E-state index >= 15 is 0 Å². The van der Waals surface area contributed by atoms with Gasteiger partial charge in [-0.25, -0.2) is 12.8 Å². The molecule has 26 heavy (non-hydrogen) atoms. The summed E-state index contributed by atoms with van der Waals surface area (Å²) in [5.41, 5.74) is 0.520. The van der Waals surface area contributed by atoms with E-state index in [0.29, 0.717) is 31.4 Å². The molecule has 1 saturated heterocycles. The van der Waals surface area contributed by atoms with Crippen molar-refractivity contribution in [1.82, 2.24) is 9.62 Å². The molecule has 0 radical (unpaired) electrons. The molecule has 3 rings (SSSR count). The highest BCUT2D eigenvalue weighted by atomic mass is 79.9. The third-order valence-corrected chi connectivity index (χ3v) is 8.27. The zero-order valence-electron chi connectivity index (χ0n) is 13.8. The van der Waals surface area contributed by atoms with E-state index in [4.69, 9.17) is 0 Å². The first-order valence-corrected chi connectivity index (χ1v) is 11.2. The van der Waals surface area contributed by atoms with Crippen molar-refractivity contribution in [3.8, 4) is 0 Å². The number of hydrogen-bond donors (Lipinski definition) is 1. The predicted octanol–water partition coefficient (Wildman–Crippen LogP) is 3.16. The van der Waals surface area contributed by atoms with Gasteiger partial charge in [-0.15, -0.1) is 11.3 Å². The molecule has 0 bridgehead atoms. The lowest BCUT2D eigenvalue weighted by Crippen LogP contribution is -2.46. The van der Waals surface area contributed by atoms with Gasteiger partial charge in [-0.3, -0.25) is 4.79 Å². The second-order valence-electron chi connectivity index (χ2n) is 5.96. The molecule has 1 fully saturated rings. The molecule has 1 aromatic heterocycles. The Morgan fingerprint density at radius 1 is 1.31 bits per heavy atom. The largest absolute Gasteiger partial charge is 0.354 e. The van der Waals surface area contributed by atoms with Crippen LogP contribution in [0.25, 0.3) is 0 Å². The van der Waals surface area contributed by atoms with Crippen LogP contribution in [0, 0.1) is 5.82 Å². The lowest BCUT2D eigenvalue weighted by Gasteiger charge is -2.22. The molecule has 0 spiro atoms. The topological polar surface area (TPSA) is 66.5 Å². The molecule has 5 nitrogen and oxygen atoms in total. The van der Waals surface area contributed by atoms with Crippen molar-refractivity contribution in [2.75, 3.05) is 13.1 Å². The number of sulfonamides is 1. The minimum absolute atomic E-state index is 0.218. The minimum Gasteiger partial charge on any atom is -0.354 e. The molecule has 140 valence electrons. The van der Waals surface area contributed by atoms with Crippen molar-refractivity contribution in [3.63, 3.8) is 0 Å². The second kappa shape index (κ2) is 8.16. The molecule has 1 aliphatic heterocycles. The van der Waals surface area contributed by atoms with Crippen molar-refractivity contribution < 1.29 is 17.6 Å². The van der Waals surface area contributed by atoms with E-state index in [1.165, 1.54) is 16.4 Å². The molecular formula is C17H18BrFN2O3S2. The molecule has 1 atom stereocenters. The number of carbonyl (C=O) groups is 1. The first-order chi connectivity index (χ1) is 12.4. The van der Waals surface area contributed by atoms with E-state index in [1.54, 1.807) is 24.3 Å². The monoisotopic (exact) mass is 460 g/mol. The fourth-order valence-electron chi connectivity index (χ4n) is 2.98. The Balaban J connectivity index is 1.64. The van der Waals surface area contributed by atoms with Crippen molar-refractivity contribution in [3.05, 3.63) is 51.6 Å². The molecule has 1 aliphatic rings. The van der Waals surface area contributed by atoms with Gasteiger partial charge in [0, 0.05) is 13.1 Å². The summed E-state index contributed by atoms with van der Waals surface area (Å²) in [7, 11) is -3.69. The average molecular weight is 461 g/mol. The number of nitrogens with one attached hydrogen (secondary N) is 1. The molecule has 0 aliphatic carbocycles. The van der Waals surface area contributed by atoms with Crippen LogP contribution in [-0.4, -0.2) is 37.8 Å². The molecule has 0 saturated carbocycles. The maximum Gasteiger partial charge on any atom is 0.253 e. The molecule has 2 heterocycles. The van der Waals surface area contributed by atoms with Crippen molar-refractivity contribution in [2.45, 2.75) is 29.5 Å². The van der Waals surface area contributed by atoms with Crippen LogP contribution in [0.1, 0.15) is 18.4 Å². The Bertz CT molecular complexity index is 901. The lowest BCUT2D eigenvalue weighted by molar-refractivity contribution is -0.124. The number of rotatable bonds is 6. The number of halogens is 2. The average Bonchev–Trinajstić information content (AvgIpc) is 3.26. The van der Waals surface area contributed by atoms with Crippen LogP contribution in [0.4, 0.5) is 4.39 Å². The molecular weight excluding hydrogens is 443 g/mol. The van der Waals surface area contributed by atoms with Gasteiger partial charge in [-0.2, -0.15) is 4.31 Å². The summed E-state index contributed by atoms with van der Waals surface area (Å²) >= 11 is 4.39. The summed E-state index contributed by atoms with van der Waals surface area (Å²) in [6.07, 6.45) is 1.48. The number of thiophene rings is 1. The summed E-state index contributed by atoms with van der Waals surface area (Å²) in [6, 6.07) is 8.89. The Hall–Kier alpha value is -1.29. The van der Waals surface area contributed by atoms with Crippen LogP contribution in [0.3, 0.4) is 0 Å². The Morgan fingerprint density at radius 3 is 2.77 bits per heavy atom. The molecule has 9 heteroatoms. The van der Waals surface area contributed by atoms with Crippen LogP contribution in [0.15, 0.2) is 44.4 Å². The molecule has 2 aromatic rings. The maximum absolute atomic E-state index is 13.6. The number of carbonyl (C=O) groups excluding carboxylic acids is 1. The van der Waals surface area contributed by atoms with E-state index in [2.05, 4.69) is 21.2 Å². The van der Waals surface area contributed by atoms with Gasteiger partial charge in [0.25, 0.3) is 10.0 Å².